The Labute approximate surface area is 208 Å². The SMILES string of the molecule is O=C(NCC(=O)N1CCN(C(=O)c2cc(Cl)cc(Cl)c2)CC1)c1ccc(-c2ccccc2)cc1. The molecule has 0 unspecified atom stereocenters. The highest BCUT2D eigenvalue weighted by molar-refractivity contribution is 6.35. The molecule has 8 heteroatoms. The van der Waals surface area contributed by atoms with Crippen molar-refractivity contribution in [1.82, 2.24) is 15.1 Å². The van der Waals surface area contributed by atoms with Gasteiger partial charge in [-0.25, -0.2) is 0 Å². The van der Waals surface area contributed by atoms with E-state index in [2.05, 4.69) is 5.32 Å². The highest BCUT2D eigenvalue weighted by atomic mass is 35.5. The molecular weight excluding hydrogens is 473 g/mol. The summed E-state index contributed by atoms with van der Waals surface area (Å²) in [6.45, 7) is 1.46. The van der Waals surface area contributed by atoms with Crippen LogP contribution < -0.4 is 5.32 Å². The first-order valence-electron chi connectivity index (χ1n) is 10.9. The standard InChI is InChI=1S/C26H23Cl2N3O3/c27-22-14-21(15-23(28)16-22)26(34)31-12-10-30(11-13-31)24(32)17-29-25(33)20-8-6-19(7-9-20)18-4-2-1-3-5-18/h1-9,14-16H,10-13,17H2,(H,29,33). The second-order valence-electron chi connectivity index (χ2n) is 7.96. The molecule has 1 fully saturated rings. The van der Waals surface area contributed by atoms with Crippen LogP contribution in [0.1, 0.15) is 20.7 Å². The molecule has 1 aliphatic heterocycles. The average Bonchev–Trinajstić information content (AvgIpc) is 2.87. The predicted octanol–water partition coefficient (Wildman–Crippen LogP) is 4.37. The highest BCUT2D eigenvalue weighted by Crippen LogP contribution is 2.21. The second kappa shape index (κ2) is 10.7. The molecular formula is C26H23Cl2N3O3. The van der Waals surface area contributed by atoms with E-state index in [1.807, 2.05) is 42.5 Å². The minimum Gasteiger partial charge on any atom is -0.343 e. The summed E-state index contributed by atoms with van der Waals surface area (Å²) >= 11 is 12.0. The molecule has 3 aromatic rings. The maximum Gasteiger partial charge on any atom is 0.254 e. The maximum atomic E-state index is 12.7. The first kappa shape index (κ1) is 23.8. The Kier molecular flexibility index (Phi) is 7.50. The summed E-state index contributed by atoms with van der Waals surface area (Å²) in [5.41, 5.74) is 2.99. The Morgan fingerprint density at radius 3 is 1.88 bits per heavy atom. The van der Waals surface area contributed by atoms with Gasteiger partial charge in [0.05, 0.1) is 6.54 Å². The number of benzene rings is 3. The van der Waals surface area contributed by atoms with Crippen LogP contribution in [0.3, 0.4) is 0 Å². The van der Waals surface area contributed by atoms with E-state index < -0.39 is 0 Å². The normalized spacial score (nSPS) is 13.5. The van der Waals surface area contributed by atoms with Crippen molar-refractivity contribution >= 4 is 40.9 Å². The van der Waals surface area contributed by atoms with Crippen LogP contribution in [-0.4, -0.2) is 60.2 Å². The minimum absolute atomic E-state index is 0.100. The van der Waals surface area contributed by atoms with E-state index >= 15 is 0 Å². The molecule has 174 valence electrons. The third-order valence-corrected chi connectivity index (χ3v) is 6.12. The molecule has 0 spiro atoms. The van der Waals surface area contributed by atoms with Gasteiger partial charge in [0.2, 0.25) is 5.91 Å². The molecule has 1 N–H and O–H groups in total. The molecule has 0 aliphatic carbocycles. The molecule has 0 atom stereocenters. The van der Waals surface area contributed by atoms with Crippen LogP contribution in [0, 0.1) is 0 Å². The molecule has 1 aliphatic rings. The number of halogens is 2. The predicted molar refractivity (Wildman–Crippen MR) is 133 cm³/mol. The van der Waals surface area contributed by atoms with Gasteiger partial charge in [0, 0.05) is 47.4 Å². The zero-order valence-electron chi connectivity index (χ0n) is 18.3. The topological polar surface area (TPSA) is 69.7 Å². The summed E-state index contributed by atoms with van der Waals surface area (Å²) in [4.78, 5) is 41.1. The third-order valence-electron chi connectivity index (χ3n) is 5.68. The van der Waals surface area contributed by atoms with Gasteiger partial charge in [-0.2, -0.15) is 0 Å². The summed E-state index contributed by atoms with van der Waals surface area (Å²) in [5.74, 6) is -0.671. The van der Waals surface area contributed by atoms with Crippen LogP contribution >= 0.6 is 23.2 Å². The number of hydrogen-bond acceptors (Lipinski definition) is 3. The Hall–Kier alpha value is -3.35. The van der Waals surface area contributed by atoms with Crippen molar-refractivity contribution in [2.75, 3.05) is 32.7 Å². The van der Waals surface area contributed by atoms with Crippen molar-refractivity contribution < 1.29 is 14.4 Å². The molecule has 0 radical (unpaired) electrons. The lowest BCUT2D eigenvalue weighted by atomic mass is 10.0. The Morgan fingerprint density at radius 1 is 0.706 bits per heavy atom. The van der Waals surface area contributed by atoms with E-state index in [1.54, 1.807) is 40.1 Å². The molecule has 3 amide bonds. The van der Waals surface area contributed by atoms with E-state index in [4.69, 9.17) is 23.2 Å². The number of amides is 3. The van der Waals surface area contributed by atoms with Crippen LogP contribution in [0.25, 0.3) is 11.1 Å². The number of rotatable bonds is 5. The van der Waals surface area contributed by atoms with Crippen molar-refractivity contribution in [3.8, 4) is 11.1 Å². The number of piperazine rings is 1. The molecule has 3 aromatic carbocycles. The van der Waals surface area contributed by atoms with Gasteiger partial charge in [-0.15, -0.1) is 0 Å². The van der Waals surface area contributed by atoms with Crippen LogP contribution in [0.2, 0.25) is 10.0 Å². The molecule has 0 bridgehead atoms. The fraction of sp³-hybridized carbons (Fsp3) is 0.192. The second-order valence-corrected chi connectivity index (χ2v) is 8.83. The largest absolute Gasteiger partial charge is 0.343 e. The van der Waals surface area contributed by atoms with Gasteiger partial charge in [-0.05, 0) is 41.5 Å². The van der Waals surface area contributed by atoms with E-state index in [1.165, 1.54) is 0 Å². The number of carbonyl (C=O) groups is 3. The van der Waals surface area contributed by atoms with Crippen molar-refractivity contribution in [2.24, 2.45) is 0 Å². The first-order valence-corrected chi connectivity index (χ1v) is 11.6. The number of nitrogens with one attached hydrogen (secondary N) is 1. The average molecular weight is 496 g/mol. The lowest BCUT2D eigenvalue weighted by molar-refractivity contribution is -0.131. The quantitative estimate of drug-likeness (QED) is 0.570. The molecule has 34 heavy (non-hydrogen) atoms. The van der Waals surface area contributed by atoms with Crippen LogP contribution in [-0.2, 0) is 4.79 Å². The number of nitrogens with zero attached hydrogens (tertiary/aromatic N) is 2. The van der Waals surface area contributed by atoms with Crippen molar-refractivity contribution in [3.05, 3.63) is 94.0 Å². The highest BCUT2D eigenvalue weighted by Gasteiger charge is 2.25. The molecule has 6 nitrogen and oxygen atoms in total. The van der Waals surface area contributed by atoms with E-state index in [-0.39, 0.29) is 24.3 Å². The Balaban J connectivity index is 1.26. The van der Waals surface area contributed by atoms with Crippen LogP contribution in [0.15, 0.2) is 72.8 Å². The lowest BCUT2D eigenvalue weighted by Crippen LogP contribution is -2.52. The van der Waals surface area contributed by atoms with Crippen molar-refractivity contribution in [1.29, 1.82) is 0 Å². The number of carbonyl (C=O) groups excluding carboxylic acids is 3. The van der Waals surface area contributed by atoms with Crippen molar-refractivity contribution in [2.45, 2.75) is 0 Å². The van der Waals surface area contributed by atoms with Crippen LogP contribution in [0.5, 0.6) is 0 Å². The monoisotopic (exact) mass is 495 g/mol. The van der Waals surface area contributed by atoms with Gasteiger partial charge in [-0.1, -0.05) is 65.7 Å². The summed E-state index contributed by atoms with van der Waals surface area (Å²) in [6.07, 6.45) is 0. The summed E-state index contributed by atoms with van der Waals surface area (Å²) in [7, 11) is 0. The zero-order chi connectivity index (χ0) is 24.1. The lowest BCUT2D eigenvalue weighted by Gasteiger charge is -2.35. The van der Waals surface area contributed by atoms with E-state index in [9.17, 15) is 14.4 Å². The summed E-state index contributed by atoms with van der Waals surface area (Å²) in [5, 5.41) is 3.48. The van der Waals surface area contributed by atoms with E-state index in [0.717, 1.165) is 11.1 Å². The van der Waals surface area contributed by atoms with Gasteiger partial charge in [-0.3, -0.25) is 14.4 Å². The van der Waals surface area contributed by atoms with Gasteiger partial charge < -0.3 is 15.1 Å². The summed E-state index contributed by atoms with van der Waals surface area (Å²) in [6, 6.07) is 21.9. The third kappa shape index (κ3) is 5.76. The Bertz CT molecular complexity index is 1170. The smallest absolute Gasteiger partial charge is 0.254 e. The van der Waals surface area contributed by atoms with Gasteiger partial charge >= 0.3 is 0 Å². The maximum absolute atomic E-state index is 12.7. The molecule has 4 rings (SSSR count). The van der Waals surface area contributed by atoms with Gasteiger partial charge in [0.1, 0.15) is 0 Å². The van der Waals surface area contributed by atoms with Crippen molar-refractivity contribution in [3.63, 3.8) is 0 Å². The van der Waals surface area contributed by atoms with Gasteiger partial charge in [0.25, 0.3) is 11.8 Å². The molecule has 0 saturated carbocycles. The molecule has 1 heterocycles. The molecule has 1 saturated heterocycles. The van der Waals surface area contributed by atoms with Crippen LogP contribution in [0.4, 0.5) is 0 Å². The summed E-state index contributed by atoms with van der Waals surface area (Å²) < 4.78 is 0. The van der Waals surface area contributed by atoms with Gasteiger partial charge in [0.15, 0.2) is 0 Å². The number of hydrogen-bond donors (Lipinski definition) is 1. The Morgan fingerprint density at radius 2 is 1.26 bits per heavy atom. The minimum atomic E-state index is -0.306. The molecule has 0 aromatic heterocycles. The first-order chi connectivity index (χ1) is 16.4. The van der Waals surface area contributed by atoms with E-state index in [0.29, 0.717) is 47.4 Å². The fourth-order valence-corrected chi connectivity index (χ4v) is 4.36. The zero-order valence-corrected chi connectivity index (χ0v) is 19.9. The fourth-order valence-electron chi connectivity index (χ4n) is 3.83.